The molecule has 0 atom stereocenters. The van der Waals surface area contributed by atoms with Crippen molar-refractivity contribution in [2.45, 2.75) is 84.0 Å². The van der Waals surface area contributed by atoms with Crippen molar-refractivity contribution in [3.8, 4) is 0 Å². The van der Waals surface area contributed by atoms with Crippen LogP contribution in [0.25, 0.3) is 0 Å². The summed E-state index contributed by atoms with van der Waals surface area (Å²) in [6.07, 6.45) is 11.1. The van der Waals surface area contributed by atoms with E-state index >= 15 is 0 Å². The predicted molar refractivity (Wildman–Crippen MR) is 84.7 cm³/mol. The first-order valence-corrected chi connectivity index (χ1v) is 8.04. The Balaban J connectivity index is 0. The van der Waals surface area contributed by atoms with Crippen LogP contribution >= 0.6 is 0 Å². The molecule has 0 aromatic heterocycles. The average molecular weight is 303 g/mol. The van der Waals surface area contributed by atoms with Crippen molar-refractivity contribution in [1.82, 2.24) is 6.15 Å². The summed E-state index contributed by atoms with van der Waals surface area (Å²) in [6.45, 7) is 2.72. The minimum absolute atomic E-state index is 0. The average Bonchev–Trinajstić information content (AvgIpc) is 2.41. The Labute approximate surface area is 129 Å². The molecule has 0 heterocycles. The van der Waals surface area contributed by atoms with Crippen molar-refractivity contribution in [1.29, 1.82) is 0 Å². The molecule has 4 N–H and O–H groups in total. The van der Waals surface area contributed by atoms with E-state index in [1.807, 2.05) is 0 Å². The highest BCUT2D eigenvalue weighted by Crippen LogP contribution is 2.09. The Morgan fingerprint density at radius 1 is 0.810 bits per heavy atom. The second kappa shape index (κ2) is 17.0. The number of aliphatic carboxylic acids is 1. The SMILES string of the molecule is CCCCCCOC(=O)CCCCCCCCC(=O)O.N. The monoisotopic (exact) mass is 303 g/mol. The Hall–Kier alpha value is -1.10. The summed E-state index contributed by atoms with van der Waals surface area (Å²) < 4.78 is 5.16. The van der Waals surface area contributed by atoms with E-state index in [2.05, 4.69) is 6.92 Å². The molecule has 0 saturated carbocycles. The molecule has 0 spiro atoms. The van der Waals surface area contributed by atoms with Gasteiger partial charge in [-0.3, -0.25) is 9.59 Å². The van der Waals surface area contributed by atoms with E-state index < -0.39 is 5.97 Å². The molecule has 5 nitrogen and oxygen atoms in total. The lowest BCUT2D eigenvalue weighted by atomic mass is 10.1. The second-order valence-electron chi connectivity index (χ2n) is 5.30. The van der Waals surface area contributed by atoms with Gasteiger partial charge in [-0.15, -0.1) is 0 Å². The van der Waals surface area contributed by atoms with Crippen molar-refractivity contribution in [3.05, 3.63) is 0 Å². The molecule has 5 heteroatoms. The van der Waals surface area contributed by atoms with Crippen LogP contribution < -0.4 is 6.15 Å². The molecule has 126 valence electrons. The van der Waals surface area contributed by atoms with Gasteiger partial charge in [0.1, 0.15) is 0 Å². The fourth-order valence-electron chi connectivity index (χ4n) is 2.04. The molecule has 0 aliphatic heterocycles. The number of carbonyl (C=O) groups excluding carboxylic acids is 1. The Bertz CT molecular complexity index is 257. The van der Waals surface area contributed by atoms with Crippen molar-refractivity contribution in [3.63, 3.8) is 0 Å². The van der Waals surface area contributed by atoms with E-state index in [1.165, 1.54) is 12.8 Å². The molecular formula is C16H33NO4. The fraction of sp³-hybridized carbons (Fsp3) is 0.875. The molecule has 0 aliphatic rings. The summed E-state index contributed by atoms with van der Waals surface area (Å²) in [5.41, 5.74) is 0. The number of ether oxygens (including phenoxy) is 1. The molecule has 0 bridgehead atoms. The minimum atomic E-state index is -0.716. The molecule has 0 aliphatic carbocycles. The zero-order valence-corrected chi connectivity index (χ0v) is 13.6. The smallest absolute Gasteiger partial charge is 0.305 e. The summed E-state index contributed by atoms with van der Waals surface area (Å²) in [4.78, 5) is 21.7. The van der Waals surface area contributed by atoms with Crippen LogP contribution in [0.15, 0.2) is 0 Å². The van der Waals surface area contributed by atoms with Gasteiger partial charge in [-0.1, -0.05) is 51.9 Å². The molecule has 21 heavy (non-hydrogen) atoms. The highest BCUT2D eigenvalue weighted by atomic mass is 16.5. The molecule has 0 fully saturated rings. The molecule has 0 aromatic carbocycles. The van der Waals surface area contributed by atoms with Crippen LogP contribution in [0.5, 0.6) is 0 Å². The lowest BCUT2D eigenvalue weighted by Gasteiger charge is -2.04. The Morgan fingerprint density at radius 3 is 1.90 bits per heavy atom. The van der Waals surface area contributed by atoms with E-state index in [0.29, 0.717) is 13.0 Å². The highest BCUT2D eigenvalue weighted by molar-refractivity contribution is 5.69. The van der Waals surface area contributed by atoms with E-state index in [0.717, 1.165) is 51.4 Å². The summed E-state index contributed by atoms with van der Waals surface area (Å²) in [5, 5.41) is 8.48. The zero-order valence-electron chi connectivity index (χ0n) is 13.6. The topological polar surface area (TPSA) is 98.6 Å². The number of unbranched alkanes of at least 4 members (excludes halogenated alkanes) is 8. The second-order valence-corrected chi connectivity index (χ2v) is 5.30. The fourth-order valence-corrected chi connectivity index (χ4v) is 2.04. The van der Waals surface area contributed by atoms with Crippen LogP contribution in [-0.2, 0) is 14.3 Å². The van der Waals surface area contributed by atoms with Crippen molar-refractivity contribution in [2.75, 3.05) is 6.61 Å². The van der Waals surface area contributed by atoms with Crippen LogP contribution in [0.3, 0.4) is 0 Å². The van der Waals surface area contributed by atoms with Gasteiger partial charge in [0, 0.05) is 12.8 Å². The first-order chi connectivity index (χ1) is 9.66. The first kappa shape index (κ1) is 22.2. The molecular weight excluding hydrogens is 270 g/mol. The normalized spacial score (nSPS) is 9.95. The predicted octanol–water partition coefficient (Wildman–Crippen LogP) is 4.48. The van der Waals surface area contributed by atoms with Crippen LogP contribution in [-0.4, -0.2) is 23.7 Å². The first-order valence-electron chi connectivity index (χ1n) is 8.04. The Kier molecular flexibility index (Phi) is 17.9. The summed E-state index contributed by atoms with van der Waals surface area (Å²) in [7, 11) is 0. The van der Waals surface area contributed by atoms with Gasteiger partial charge in [0.2, 0.25) is 0 Å². The number of carboxylic acid groups (broad SMARTS) is 1. The van der Waals surface area contributed by atoms with E-state index in [9.17, 15) is 9.59 Å². The number of rotatable bonds is 14. The van der Waals surface area contributed by atoms with Gasteiger partial charge in [-0.2, -0.15) is 0 Å². The highest BCUT2D eigenvalue weighted by Gasteiger charge is 2.02. The maximum Gasteiger partial charge on any atom is 0.305 e. The van der Waals surface area contributed by atoms with Crippen LogP contribution in [0.2, 0.25) is 0 Å². The third kappa shape index (κ3) is 18.9. The number of esters is 1. The lowest BCUT2D eigenvalue weighted by molar-refractivity contribution is -0.144. The standard InChI is InChI=1S/C16H30O4.H3N/c1-2-3-4-11-14-20-16(19)13-10-8-6-5-7-9-12-15(17)18;/h2-14H2,1H3,(H,17,18);1H3. The van der Waals surface area contributed by atoms with E-state index in [4.69, 9.17) is 9.84 Å². The van der Waals surface area contributed by atoms with Gasteiger partial charge >= 0.3 is 11.9 Å². The third-order valence-electron chi connectivity index (χ3n) is 3.28. The maximum absolute atomic E-state index is 11.4. The number of carboxylic acids is 1. The zero-order chi connectivity index (χ0) is 15.1. The molecule has 0 saturated heterocycles. The van der Waals surface area contributed by atoms with Gasteiger partial charge in [0.05, 0.1) is 6.61 Å². The number of hydrogen-bond donors (Lipinski definition) is 2. The molecule has 0 rings (SSSR count). The van der Waals surface area contributed by atoms with Crippen LogP contribution in [0, 0.1) is 0 Å². The van der Waals surface area contributed by atoms with Gasteiger partial charge in [-0.25, -0.2) is 0 Å². The summed E-state index contributed by atoms with van der Waals surface area (Å²) in [5.74, 6) is -0.793. The van der Waals surface area contributed by atoms with Gasteiger partial charge in [-0.05, 0) is 19.3 Å². The van der Waals surface area contributed by atoms with Gasteiger partial charge in [0.25, 0.3) is 0 Å². The summed E-state index contributed by atoms with van der Waals surface area (Å²) in [6, 6.07) is 0. The van der Waals surface area contributed by atoms with Gasteiger partial charge < -0.3 is 16.0 Å². The van der Waals surface area contributed by atoms with Crippen molar-refractivity contribution < 1.29 is 19.4 Å². The van der Waals surface area contributed by atoms with E-state index in [1.54, 1.807) is 0 Å². The number of carbonyl (C=O) groups is 2. The number of hydrogen-bond acceptors (Lipinski definition) is 4. The van der Waals surface area contributed by atoms with Crippen molar-refractivity contribution in [2.24, 2.45) is 0 Å². The molecule has 0 amide bonds. The molecule has 0 unspecified atom stereocenters. The van der Waals surface area contributed by atoms with Gasteiger partial charge in [0.15, 0.2) is 0 Å². The molecule has 0 radical (unpaired) electrons. The van der Waals surface area contributed by atoms with Crippen LogP contribution in [0.4, 0.5) is 0 Å². The van der Waals surface area contributed by atoms with Crippen molar-refractivity contribution >= 4 is 11.9 Å². The minimum Gasteiger partial charge on any atom is -0.481 e. The lowest BCUT2D eigenvalue weighted by Crippen LogP contribution is -2.05. The largest absolute Gasteiger partial charge is 0.481 e. The van der Waals surface area contributed by atoms with Crippen LogP contribution in [0.1, 0.15) is 84.0 Å². The third-order valence-corrected chi connectivity index (χ3v) is 3.28. The summed E-state index contributed by atoms with van der Waals surface area (Å²) >= 11 is 0. The Morgan fingerprint density at radius 2 is 1.33 bits per heavy atom. The maximum atomic E-state index is 11.4. The quantitative estimate of drug-likeness (QED) is 0.364. The molecule has 0 aromatic rings. The van der Waals surface area contributed by atoms with E-state index in [-0.39, 0.29) is 18.5 Å².